The van der Waals surface area contributed by atoms with Gasteiger partial charge in [-0.1, -0.05) is 24.3 Å². The van der Waals surface area contributed by atoms with Crippen LogP contribution in [0.4, 0.5) is 0 Å². The number of amides is 1. The standard InChI is InChI=1S/C17H17NO4/c1-12(19)13-2-4-14(5-3-13)15-6-7-16(22-15)17(20)18-8-10-21-11-9-18/h2-7H,8-11H2,1H3. The number of nitrogens with zero attached hydrogens (tertiary/aromatic N) is 1. The van der Waals surface area contributed by atoms with Crippen LogP contribution in [0.5, 0.6) is 0 Å². The zero-order valence-corrected chi connectivity index (χ0v) is 12.4. The molecule has 1 aromatic carbocycles. The first kappa shape index (κ1) is 14.5. The normalized spacial score (nSPS) is 14.9. The molecular weight excluding hydrogens is 282 g/mol. The Morgan fingerprint density at radius 2 is 1.68 bits per heavy atom. The molecule has 1 aliphatic heterocycles. The third-order valence-electron chi connectivity index (χ3n) is 3.69. The van der Waals surface area contributed by atoms with E-state index >= 15 is 0 Å². The summed E-state index contributed by atoms with van der Waals surface area (Å²) in [5.74, 6) is 0.850. The fraction of sp³-hybridized carbons (Fsp3) is 0.294. The maximum absolute atomic E-state index is 12.3. The molecule has 114 valence electrons. The smallest absolute Gasteiger partial charge is 0.289 e. The molecule has 1 aliphatic rings. The van der Waals surface area contributed by atoms with E-state index in [0.717, 1.165) is 5.56 Å². The van der Waals surface area contributed by atoms with Crippen LogP contribution >= 0.6 is 0 Å². The Bertz CT molecular complexity index is 681. The van der Waals surface area contributed by atoms with Gasteiger partial charge in [0, 0.05) is 24.2 Å². The van der Waals surface area contributed by atoms with Gasteiger partial charge < -0.3 is 14.1 Å². The predicted molar refractivity (Wildman–Crippen MR) is 80.9 cm³/mol. The van der Waals surface area contributed by atoms with Crippen molar-refractivity contribution in [2.24, 2.45) is 0 Å². The van der Waals surface area contributed by atoms with Gasteiger partial charge in [0.15, 0.2) is 11.5 Å². The van der Waals surface area contributed by atoms with Crippen molar-refractivity contribution in [2.45, 2.75) is 6.92 Å². The minimum atomic E-state index is -0.116. The highest BCUT2D eigenvalue weighted by Gasteiger charge is 2.21. The fourth-order valence-corrected chi connectivity index (χ4v) is 2.40. The summed E-state index contributed by atoms with van der Waals surface area (Å²) in [7, 11) is 0. The van der Waals surface area contributed by atoms with E-state index in [1.54, 1.807) is 29.2 Å². The van der Waals surface area contributed by atoms with Crippen LogP contribution in [-0.2, 0) is 4.74 Å². The fourth-order valence-electron chi connectivity index (χ4n) is 2.40. The van der Waals surface area contributed by atoms with Crippen molar-refractivity contribution < 1.29 is 18.7 Å². The molecule has 5 heteroatoms. The Hall–Kier alpha value is -2.40. The van der Waals surface area contributed by atoms with Gasteiger partial charge in [0.1, 0.15) is 5.76 Å². The van der Waals surface area contributed by atoms with E-state index in [1.807, 2.05) is 12.1 Å². The first-order valence-electron chi connectivity index (χ1n) is 7.23. The summed E-state index contributed by atoms with van der Waals surface area (Å²) >= 11 is 0. The molecule has 3 rings (SSSR count). The number of carbonyl (C=O) groups is 2. The Morgan fingerprint density at radius 3 is 2.32 bits per heavy atom. The van der Waals surface area contributed by atoms with Crippen molar-refractivity contribution >= 4 is 11.7 Å². The second-order valence-corrected chi connectivity index (χ2v) is 5.20. The van der Waals surface area contributed by atoms with Gasteiger partial charge in [0.05, 0.1) is 13.2 Å². The first-order chi connectivity index (χ1) is 10.6. The van der Waals surface area contributed by atoms with Gasteiger partial charge in [-0.05, 0) is 19.1 Å². The molecule has 0 atom stereocenters. The Morgan fingerprint density at radius 1 is 1.00 bits per heavy atom. The molecule has 0 aliphatic carbocycles. The molecule has 1 saturated heterocycles. The first-order valence-corrected chi connectivity index (χ1v) is 7.23. The number of ketones is 1. The highest BCUT2D eigenvalue weighted by Crippen LogP contribution is 2.23. The van der Waals surface area contributed by atoms with Gasteiger partial charge in [-0.25, -0.2) is 0 Å². The highest BCUT2D eigenvalue weighted by molar-refractivity contribution is 5.94. The number of ether oxygens (including phenoxy) is 1. The summed E-state index contributed by atoms with van der Waals surface area (Å²) in [6.45, 7) is 3.82. The lowest BCUT2D eigenvalue weighted by Crippen LogP contribution is -2.40. The molecule has 22 heavy (non-hydrogen) atoms. The largest absolute Gasteiger partial charge is 0.451 e. The maximum Gasteiger partial charge on any atom is 0.289 e. The van der Waals surface area contributed by atoms with Crippen LogP contribution in [0, 0.1) is 0 Å². The zero-order valence-electron chi connectivity index (χ0n) is 12.4. The van der Waals surface area contributed by atoms with Gasteiger partial charge >= 0.3 is 0 Å². The minimum Gasteiger partial charge on any atom is -0.451 e. The number of furan rings is 1. The molecule has 2 heterocycles. The molecule has 5 nitrogen and oxygen atoms in total. The van der Waals surface area contributed by atoms with Crippen molar-refractivity contribution in [1.29, 1.82) is 0 Å². The lowest BCUT2D eigenvalue weighted by atomic mass is 10.1. The van der Waals surface area contributed by atoms with E-state index < -0.39 is 0 Å². The molecule has 1 aromatic heterocycles. The molecule has 1 amide bonds. The van der Waals surface area contributed by atoms with E-state index in [2.05, 4.69) is 0 Å². The van der Waals surface area contributed by atoms with E-state index in [1.165, 1.54) is 6.92 Å². The van der Waals surface area contributed by atoms with Crippen molar-refractivity contribution in [3.05, 3.63) is 47.7 Å². The van der Waals surface area contributed by atoms with Crippen LogP contribution in [0.2, 0.25) is 0 Å². The number of hydrogen-bond donors (Lipinski definition) is 0. The topological polar surface area (TPSA) is 59.8 Å². The predicted octanol–water partition coefficient (Wildman–Crippen LogP) is 2.62. The van der Waals surface area contributed by atoms with Crippen LogP contribution in [0.15, 0.2) is 40.8 Å². The highest BCUT2D eigenvalue weighted by atomic mass is 16.5. The van der Waals surface area contributed by atoms with Crippen LogP contribution in [-0.4, -0.2) is 42.9 Å². The molecular formula is C17H17NO4. The van der Waals surface area contributed by atoms with Gasteiger partial charge in [-0.3, -0.25) is 9.59 Å². The van der Waals surface area contributed by atoms with Crippen LogP contribution < -0.4 is 0 Å². The Kier molecular flexibility index (Phi) is 4.06. The quantitative estimate of drug-likeness (QED) is 0.817. The molecule has 0 radical (unpaired) electrons. The van der Waals surface area contributed by atoms with Gasteiger partial charge in [-0.2, -0.15) is 0 Å². The Balaban J connectivity index is 1.78. The van der Waals surface area contributed by atoms with Crippen LogP contribution in [0.25, 0.3) is 11.3 Å². The van der Waals surface area contributed by atoms with E-state index in [0.29, 0.717) is 43.4 Å². The summed E-state index contributed by atoms with van der Waals surface area (Å²) < 4.78 is 10.9. The lowest BCUT2D eigenvalue weighted by Gasteiger charge is -2.25. The Labute approximate surface area is 128 Å². The summed E-state index contributed by atoms with van der Waals surface area (Å²) in [6.07, 6.45) is 0. The number of Topliss-reactive ketones (excluding diaryl/α,β-unsaturated/α-hetero) is 1. The van der Waals surface area contributed by atoms with Crippen molar-refractivity contribution in [3.8, 4) is 11.3 Å². The van der Waals surface area contributed by atoms with E-state index in [4.69, 9.17) is 9.15 Å². The molecule has 0 spiro atoms. The average molecular weight is 299 g/mol. The second-order valence-electron chi connectivity index (χ2n) is 5.20. The monoisotopic (exact) mass is 299 g/mol. The SMILES string of the molecule is CC(=O)c1ccc(-c2ccc(C(=O)N3CCOCC3)o2)cc1. The third-order valence-corrected chi connectivity index (χ3v) is 3.69. The van der Waals surface area contributed by atoms with Crippen molar-refractivity contribution in [1.82, 2.24) is 4.90 Å². The summed E-state index contributed by atoms with van der Waals surface area (Å²) in [4.78, 5) is 25.3. The summed E-state index contributed by atoms with van der Waals surface area (Å²) in [5.41, 5.74) is 1.49. The van der Waals surface area contributed by atoms with Gasteiger partial charge in [0.2, 0.25) is 0 Å². The maximum atomic E-state index is 12.3. The third kappa shape index (κ3) is 2.94. The van der Waals surface area contributed by atoms with E-state index in [-0.39, 0.29) is 11.7 Å². The van der Waals surface area contributed by atoms with Crippen molar-refractivity contribution in [2.75, 3.05) is 26.3 Å². The van der Waals surface area contributed by atoms with Crippen molar-refractivity contribution in [3.63, 3.8) is 0 Å². The molecule has 0 unspecified atom stereocenters. The summed E-state index contributed by atoms with van der Waals surface area (Å²) in [6, 6.07) is 10.6. The minimum absolute atomic E-state index is 0.0224. The molecule has 0 bridgehead atoms. The zero-order chi connectivity index (χ0) is 15.5. The molecule has 1 fully saturated rings. The summed E-state index contributed by atoms with van der Waals surface area (Å²) in [5, 5.41) is 0. The number of benzene rings is 1. The van der Waals surface area contributed by atoms with Gasteiger partial charge in [-0.15, -0.1) is 0 Å². The number of rotatable bonds is 3. The molecule has 2 aromatic rings. The number of hydrogen-bond acceptors (Lipinski definition) is 4. The van der Waals surface area contributed by atoms with Crippen LogP contribution in [0.3, 0.4) is 0 Å². The second kappa shape index (κ2) is 6.15. The molecule has 0 saturated carbocycles. The van der Waals surface area contributed by atoms with Crippen LogP contribution in [0.1, 0.15) is 27.8 Å². The number of carbonyl (C=O) groups excluding carboxylic acids is 2. The van der Waals surface area contributed by atoms with E-state index in [9.17, 15) is 9.59 Å². The average Bonchev–Trinajstić information content (AvgIpc) is 3.05. The lowest BCUT2D eigenvalue weighted by molar-refractivity contribution is 0.0283. The molecule has 0 N–H and O–H groups in total. The van der Waals surface area contributed by atoms with Gasteiger partial charge in [0.25, 0.3) is 5.91 Å². The number of morpholine rings is 1.